The number of nitro groups is 1. The highest BCUT2D eigenvalue weighted by Gasteiger charge is 2.36. The average Bonchev–Trinajstić information content (AvgIpc) is 2.78. The van der Waals surface area contributed by atoms with Gasteiger partial charge in [0.25, 0.3) is 5.69 Å². The van der Waals surface area contributed by atoms with Crippen LogP contribution in [0, 0.1) is 15.9 Å². The van der Waals surface area contributed by atoms with Crippen molar-refractivity contribution in [2.24, 2.45) is 0 Å². The molecule has 0 radical (unpaired) electrons. The van der Waals surface area contributed by atoms with Gasteiger partial charge in [0, 0.05) is 12.6 Å². The van der Waals surface area contributed by atoms with E-state index in [1.165, 1.54) is 6.07 Å². The number of benzene rings is 1. The van der Waals surface area contributed by atoms with Crippen molar-refractivity contribution in [2.75, 3.05) is 11.4 Å². The molecule has 1 heterocycles. The van der Waals surface area contributed by atoms with Crippen LogP contribution in [0.15, 0.2) is 18.2 Å². The normalized spacial score (nSPS) is 17.8. The summed E-state index contributed by atoms with van der Waals surface area (Å²) in [5.41, 5.74) is -1.15. The summed E-state index contributed by atoms with van der Waals surface area (Å²) < 4.78 is 19.1. The van der Waals surface area contributed by atoms with Crippen LogP contribution in [0.3, 0.4) is 0 Å². The van der Waals surface area contributed by atoms with E-state index in [-0.39, 0.29) is 18.7 Å². The van der Waals surface area contributed by atoms with Gasteiger partial charge in [0.2, 0.25) is 5.91 Å². The van der Waals surface area contributed by atoms with Crippen molar-refractivity contribution < 1.29 is 23.6 Å². The predicted molar refractivity (Wildman–Crippen MR) is 83.2 cm³/mol. The van der Waals surface area contributed by atoms with E-state index in [1.54, 1.807) is 20.8 Å². The number of carbonyl (C=O) groups excluding carboxylic acids is 2. The second-order valence-electron chi connectivity index (χ2n) is 6.37. The van der Waals surface area contributed by atoms with Crippen LogP contribution < -0.4 is 10.2 Å². The Morgan fingerprint density at radius 1 is 1.46 bits per heavy atom. The first-order valence-corrected chi connectivity index (χ1v) is 7.33. The van der Waals surface area contributed by atoms with Crippen LogP contribution in [-0.4, -0.2) is 35.1 Å². The van der Waals surface area contributed by atoms with Gasteiger partial charge in [-0.15, -0.1) is 0 Å². The number of ether oxygens (including phenoxy) is 1. The maximum Gasteiger partial charge on any atom is 0.408 e. The molecule has 0 aliphatic carbocycles. The highest BCUT2D eigenvalue weighted by atomic mass is 19.1. The van der Waals surface area contributed by atoms with E-state index in [2.05, 4.69) is 5.32 Å². The van der Waals surface area contributed by atoms with Gasteiger partial charge in [0.05, 0.1) is 16.7 Å². The van der Waals surface area contributed by atoms with E-state index in [0.717, 1.165) is 17.0 Å². The Balaban J connectivity index is 2.09. The summed E-state index contributed by atoms with van der Waals surface area (Å²) in [6, 6.07) is 2.24. The van der Waals surface area contributed by atoms with Crippen molar-refractivity contribution in [3.8, 4) is 0 Å². The molecule has 1 aliphatic rings. The summed E-state index contributed by atoms with van der Waals surface area (Å²) in [4.78, 5) is 35.1. The molecular weight excluding hydrogens is 321 g/mol. The fourth-order valence-electron chi connectivity index (χ4n) is 2.33. The van der Waals surface area contributed by atoms with Crippen molar-refractivity contribution in [3.05, 3.63) is 34.1 Å². The van der Waals surface area contributed by atoms with Gasteiger partial charge in [0.1, 0.15) is 11.6 Å². The third-order valence-corrected chi connectivity index (χ3v) is 3.33. The first-order chi connectivity index (χ1) is 11.1. The Hall–Kier alpha value is -2.71. The number of hydrogen-bond acceptors (Lipinski definition) is 5. The van der Waals surface area contributed by atoms with Gasteiger partial charge < -0.3 is 15.0 Å². The molecule has 1 aliphatic heterocycles. The summed E-state index contributed by atoms with van der Waals surface area (Å²) >= 11 is 0. The van der Waals surface area contributed by atoms with Crippen molar-refractivity contribution >= 4 is 23.4 Å². The highest BCUT2D eigenvalue weighted by molar-refractivity contribution is 6.01. The number of alkyl carbamates (subject to hydrolysis) is 1. The van der Waals surface area contributed by atoms with Gasteiger partial charge in [-0.1, -0.05) is 0 Å². The molecule has 1 aromatic rings. The summed E-state index contributed by atoms with van der Waals surface area (Å²) in [7, 11) is 0. The Morgan fingerprint density at radius 3 is 2.67 bits per heavy atom. The lowest BCUT2D eigenvalue weighted by Gasteiger charge is -2.21. The molecule has 2 amide bonds. The zero-order valence-corrected chi connectivity index (χ0v) is 13.5. The van der Waals surface area contributed by atoms with E-state index in [9.17, 15) is 24.1 Å². The number of hydrogen-bond donors (Lipinski definition) is 1. The molecule has 2 rings (SSSR count). The number of nitrogens with one attached hydrogen (secondary N) is 1. The number of nitrogens with zero attached hydrogens (tertiary/aromatic N) is 2. The molecular formula is C15H18FN3O5. The van der Waals surface area contributed by atoms with Gasteiger partial charge in [-0.05, 0) is 33.3 Å². The molecule has 1 saturated heterocycles. The van der Waals surface area contributed by atoms with Crippen LogP contribution >= 0.6 is 0 Å². The number of amides is 2. The number of carbonyl (C=O) groups is 2. The molecule has 130 valence electrons. The minimum atomic E-state index is -0.865. The second-order valence-corrected chi connectivity index (χ2v) is 6.37. The number of non-ortho nitro benzene ring substituents is 1. The van der Waals surface area contributed by atoms with E-state index in [0.29, 0.717) is 0 Å². The lowest BCUT2D eigenvalue weighted by molar-refractivity contribution is -0.385. The van der Waals surface area contributed by atoms with E-state index >= 15 is 0 Å². The Labute approximate surface area is 137 Å². The zero-order valence-electron chi connectivity index (χ0n) is 13.5. The molecule has 1 N–H and O–H groups in total. The summed E-state index contributed by atoms with van der Waals surface area (Å²) in [6.07, 6.45) is -0.444. The first kappa shape index (κ1) is 17.6. The van der Waals surface area contributed by atoms with Crippen LogP contribution in [0.25, 0.3) is 0 Å². The first-order valence-electron chi connectivity index (χ1n) is 7.33. The lowest BCUT2D eigenvalue weighted by Crippen LogP contribution is -2.43. The Bertz CT molecular complexity index is 686. The van der Waals surface area contributed by atoms with Crippen LogP contribution in [0.1, 0.15) is 27.2 Å². The third-order valence-electron chi connectivity index (χ3n) is 3.33. The topological polar surface area (TPSA) is 102 Å². The van der Waals surface area contributed by atoms with Crippen LogP contribution in [0.2, 0.25) is 0 Å². The third kappa shape index (κ3) is 3.98. The highest BCUT2D eigenvalue weighted by Crippen LogP contribution is 2.27. The summed E-state index contributed by atoms with van der Waals surface area (Å²) in [6.45, 7) is 5.28. The predicted octanol–water partition coefficient (Wildman–Crippen LogP) is 2.36. The molecule has 0 bridgehead atoms. The van der Waals surface area contributed by atoms with Crippen LogP contribution in [0.5, 0.6) is 0 Å². The molecule has 1 fully saturated rings. The molecule has 0 saturated carbocycles. The molecule has 1 aromatic carbocycles. The van der Waals surface area contributed by atoms with E-state index in [1.807, 2.05) is 0 Å². The maximum absolute atomic E-state index is 14.0. The SMILES string of the molecule is CC(C)(C)OC(=O)N[C@H]1CCN(c2ccc([N+](=O)[O-])cc2F)C1=O. The molecule has 9 heteroatoms. The Morgan fingerprint density at radius 2 is 2.12 bits per heavy atom. The van der Waals surface area contributed by atoms with Crippen LogP contribution in [0.4, 0.5) is 20.6 Å². The molecule has 0 unspecified atom stereocenters. The number of nitro benzene ring substituents is 1. The largest absolute Gasteiger partial charge is 0.444 e. The number of halogens is 1. The lowest BCUT2D eigenvalue weighted by atomic mass is 10.2. The molecule has 8 nitrogen and oxygen atoms in total. The van der Waals surface area contributed by atoms with Crippen molar-refractivity contribution in [1.29, 1.82) is 0 Å². The molecule has 1 atom stereocenters. The average molecular weight is 339 g/mol. The monoisotopic (exact) mass is 339 g/mol. The summed E-state index contributed by atoms with van der Waals surface area (Å²) in [5, 5.41) is 13.1. The molecule has 0 spiro atoms. The minimum absolute atomic E-state index is 0.0564. The van der Waals surface area contributed by atoms with Gasteiger partial charge in [-0.2, -0.15) is 0 Å². The maximum atomic E-state index is 14.0. The number of anilines is 1. The van der Waals surface area contributed by atoms with Crippen LogP contribution in [-0.2, 0) is 9.53 Å². The minimum Gasteiger partial charge on any atom is -0.444 e. The van der Waals surface area contributed by atoms with Gasteiger partial charge in [-0.3, -0.25) is 14.9 Å². The fourth-order valence-corrected chi connectivity index (χ4v) is 2.33. The van der Waals surface area contributed by atoms with E-state index < -0.39 is 40.1 Å². The fraction of sp³-hybridized carbons (Fsp3) is 0.467. The zero-order chi connectivity index (χ0) is 18.1. The Kier molecular flexibility index (Phi) is 4.72. The standard InChI is InChI=1S/C15H18FN3O5/c1-15(2,3)24-14(21)17-11-6-7-18(13(11)20)12-5-4-9(19(22)23)8-10(12)16/h4-5,8,11H,6-7H2,1-3H3,(H,17,21)/t11-/m0/s1. The van der Waals surface area contributed by atoms with Crippen molar-refractivity contribution in [1.82, 2.24) is 5.32 Å². The molecule has 0 aromatic heterocycles. The van der Waals surface area contributed by atoms with Crippen molar-refractivity contribution in [3.63, 3.8) is 0 Å². The summed E-state index contributed by atoms with van der Waals surface area (Å²) in [5.74, 6) is -1.36. The second kappa shape index (κ2) is 6.42. The number of rotatable bonds is 3. The molecule has 24 heavy (non-hydrogen) atoms. The van der Waals surface area contributed by atoms with Gasteiger partial charge in [0.15, 0.2) is 5.82 Å². The van der Waals surface area contributed by atoms with Gasteiger partial charge in [-0.25, -0.2) is 9.18 Å². The quantitative estimate of drug-likeness (QED) is 0.673. The van der Waals surface area contributed by atoms with E-state index in [4.69, 9.17) is 4.74 Å². The van der Waals surface area contributed by atoms with Gasteiger partial charge >= 0.3 is 6.09 Å². The smallest absolute Gasteiger partial charge is 0.408 e. The van der Waals surface area contributed by atoms with Crippen molar-refractivity contribution in [2.45, 2.75) is 38.8 Å².